The number of hydrogen-bond acceptors (Lipinski definition) is 2. The molecule has 0 saturated heterocycles. The zero-order valence-electron chi connectivity index (χ0n) is 14.2. The Morgan fingerprint density at radius 1 is 1.00 bits per heavy atom. The van der Waals surface area contributed by atoms with E-state index in [1.807, 2.05) is 28.4 Å². The van der Waals surface area contributed by atoms with Gasteiger partial charge in [0.1, 0.15) is 5.69 Å². The Bertz CT molecular complexity index is 1160. The molecule has 0 N–H and O–H groups in total. The smallest absolute Gasteiger partial charge is 0.159 e. The maximum absolute atomic E-state index is 13.8. The lowest BCUT2D eigenvalue weighted by Gasteiger charge is -2.07. The molecule has 0 fully saturated rings. The van der Waals surface area contributed by atoms with E-state index >= 15 is 0 Å². The lowest BCUT2D eigenvalue weighted by Crippen LogP contribution is -1.94. The van der Waals surface area contributed by atoms with Crippen LogP contribution >= 0.6 is 0 Å². The third-order valence-corrected chi connectivity index (χ3v) is 5.05. The highest BCUT2D eigenvalue weighted by atomic mass is 19.2. The molecule has 0 atom stereocenters. The summed E-state index contributed by atoms with van der Waals surface area (Å²) in [6.07, 6.45) is 3.75. The molecule has 0 radical (unpaired) electrons. The Hall–Kier alpha value is -3.02. The monoisotopic (exact) mass is 350 g/mol. The quantitative estimate of drug-likeness (QED) is 0.539. The Labute approximate surface area is 148 Å². The molecule has 0 unspecified atom stereocenters. The summed E-state index contributed by atoms with van der Waals surface area (Å²) in [5.41, 5.74) is 6.39. The molecule has 2 aromatic carbocycles. The van der Waals surface area contributed by atoms with Gasteiger partial charge in [-0.05, 0) is 48.7 Å². The molecule has 0 amide bonds. The zero-order chi connectivity index (χ0) is 17.8. The number of halogens is 2. The van der Waals surface area contributed by atoms with E-state index in [0.29, 0.717) is 11.3 Å². The summed E-state index contributed by atoms with van der Waals surface area (Å²) in [4.78, 5) is 4.37. The number of imidazole rings is 1. The van der Waals surface area contributed by atoms with Crippen LogP contribution in [0.5, 0.6) is 0 Å². The molecule has 0 aliphatic carbocycles. The molecule has 26 heavy (non-hydrogen) atoms. The number of hydrogen-bond donors (Lipinski definition) is 0. The fourth-order valence-electron chi connectivity index (χ4n) is 3.76. The van der Waals surface area contributed by atoms with Gasteiger partial charge in [-0.25, -0.2) is 13.8 Å². The van der Waals surface area contributed by atoms with E-state index in [-0.39, 0.29) is 0 Å². The predicted octanol–water partition coefficient (Wildman–Crippen LogP) is 4.33. The Morgan fingerprint density at radius 2 is 1.85 bits per heavy atom. The largest absolute Gasteiger partial charge is 0.334 e. The molecule has 1 aliphatic heterocycles. The first-order chi connectivity index (χ1) is 12.6. The molecular weight excluding hydrogens is 334 g/mol. The highest BCUT2D eigenvalue weighted by Crippen LogP contribution is 2.38. The number of rotatable bonds is 2. The second kappa shape index (κ2) is 5.49. The first-order valence-electron chi connectivity index (χ1n) is 8.58. The number of fused-ring (bicyclic) bond motifs is 2. The molecule has 1 aliphatic rings. The molecule has 0 spiro atoms. The molecule has 0 saturated carbocycles. The van der Waals surface area contributed by atoms with Crippen molar-refractivity contribution in [2.75, 3.05) is 0 Å². The van der Waals surface area contributed by atoms with E-state index in [9.17, 15) is 8.78 Å². The van der Waals surface area contributed by atoms with Crippen molar-refractivity contribution in [2.24, 2.45) is 7.05 Å². The van der Waals surface area contributed by atoms with E-state index < -0.39 is 11.6 Å². The van der Waals surface area contributed by atoms with E-state index in [0.717, 1.165) is 53.3 Å². The van der Waals surface area contributed by atoms with Crippen molar-refractivity contribution < 1.29 is 8.78 Å². The van der Waals surface area contributed by atoms with Crippen molar-refractivity contribution in [3.8, 4) is 22.4 Å². The normalized spacial score (nSPS) is 13.5. The third kappa shape index (κ3) is 2.18. The molecule has 4 aromatic rings. The van der Waals surface area contributed by atoms with Gasteiger partial charge in [0.15, 0.2) is 11.6 Å². The summed E-state index contributed by atoms with van der Waals surface area (Å²) in [6.45, 7) is 0.847. The highest BCUT2D eigenvalue weighted by Gasteiger charge is 2.24. The van der Waals surface area contributed by atoms with Gasteiger partial charge in [0, 0.05) is 30.4 Å². The Balaban J connectivity index is 1.76. The SMILES string of the molecule is Cn1cnc2ccc(-c3c(-c4ccc(F)c(F)c4)nn4c3CCC4)cc21. The molecule has 2 aromatic heterocycles. The Kier molecular flexibility index (Phi) is 3.22. The molecule has 3 heterocycles. The van der Waals surface area contributed by atoms with Gasteiger partial charge in [-0.1, -0.05) is 6.07 Å². The summed E-state index contributed by atoms with van der Waals surface area (Å²) in [5, 5.41) is 4.70. The van der Waals surface area contributed by atoms with E-state index in [1.54, 1.807) is 12.4 Å². The van der Waals surface area contributed by atoms with Crippen LogP contribution < -0.4 is 0 Å². The number of nitrogens with zero attached hydrogens (tertiary/aromatic N) is 4. The Morgan fingerprint density at radius 3 is 2.69 bits per heavy atom. The van der Waals surface area contributed by atoms with Crippen LogP contribution in [0.1, 0.15) is 12.1 Å². The lowest BCUT2D eigenvalue weighted by molar-refractivity contribution is 0.509. The van der Waals surface area contributed by atoms with Gasteiger partial charge in [-0.3, -0.25) is 4.68 Å². The fourth-order valence-corrected chi connectivity index (χ4v) is 3.76. The first-order valence-corrected chi connectivity index (χ1v) is 8.58. The van der Waals surface area contributed by atoms with Crippen LogP contribution in [0.4, 0.5) is 8.78 Å². The predicted molar refractivity (Wildman–Crippen MR) is 95.6 cm³/mol. The lowest BCUT2D eigenvalue weighted by atomic mass is 9.97. The van der Waals surface area contributed by atoms with Crippen molar-refractivity contribution in [1.82, 2.24) is 19.3 Å². The van der Waals surface area contributed by atoms with E-state index in [1.165, 1.54) is 6.07 Å². The second-order valence-corrected chi connectivity index (χ2v) is 6.68. The van der Waals surface area contributed by atoms with Crippen molar-refractivity contribution in [3.63, 3.8) is 0 Å². The maximum Gasteiger partial charge on any atom is 0.159 e. The van der Waals surface area contributed by atoms with Crippen molar-refractivity contribution in [1.29, 1.82) is 0 Å². The van der Waals surface area contributed by atoms with Gasteiger partial charge < -0.3 is 4.57 Å². The zero-order valence-corrected chi connectivity index (χ0v) is 14.2. The van der Waals surface area contributed by atoms with Crippen LogP contribution in [-0.2, 0) is 20.0 Å². The van der Waals surface area contributed by atoms with Gasteiger partial charge in [0.2, 0.25) is 0 Å². The highest BCUT2D eigenvalue weighted by molar-refractivity contribution is 5.88. The van der Waals surface area contributed by atoms with E-state index in [2.05, 4.69) is 11.1 Å². The van der Waals surface area contributed by atoms with Gasteiger partial charge in [-0.2, -0.15) is 5.10 Å². The third-order valence-electron chi connectivity index (χ3n) is 5.05. The van der Waals surface area contributed by atoms with Crippen molar-refractivity contribution >= 4 is 11.0 Å². The van der Waals surface area contributed by atoms with Crippen LogP contribution in [0.2, 0.25) is 0 Å². The summed E-state index contributed by atoms with van der Waals surface area (Å²) >= 11 is 0. The summed E-state index contributed by atoms with van der Waals surface area (Å²) < 4.78 is 31.1. The van der Waals surface area contributed by atoms with Crippen molar-refractivity contribution in [3.05, 3.63) is 60.1 Å². The molecule has 6 heteroatoms. The van der Waals surface area contributed by atoms with Crippen molar-refractivity contribution in [2.45, 2.75) is 19.4 Å². The molecule has 0 bridgehead atoms. The number of aryl methyl sites for hydroxylation is 2. The molecule has 5 rings (SSSR count). The van der Waals surface area contributed by atoms with Crippen LogP contribution in [0.15, 0.2) is 42.7 Å². The second-order valence-electron chi connectivity index (χ2n) is 6.68. The molecular formula is C20H16F2N4. The maximum atomic E-state index is 13.8. The topological polar surface area (TPSA) is 35.6 Å². The molecule has 4 nitrogen and oxygen atoms in total. The standard InChI is InChI=1S/C20H16F2N4/c1-25-11-23-16-7-5-12(10-18(16)25)19-17-3-2-8-26(17)24-20(19)13-4-6-14(21)15(22)9-13/h4-7,9-11H,2-3,8H2,1H3. The van der Waals surface area contributed by atoms with E-state index in [4.69, 9.17) is 5.10 Å². The molecule has 130 valence electrons. The summed E-state index contributed by atoms with van der Waals surface area (Å²) in [5.74, 6) is -1.71. The van der Waals surface area contributed by atoms with Crippen LogP contribution in [0.25, 0.3) is 33.4 Å². The minimum atomic E-state index is -0.858. The van der Waals surface area contributed by atoms with Gasteiger partial charge in [0.05, 0.1) is 17.4 Å². The number of aromatic nitrogens is 4. The van der Waals surface area contributed by atoms with Gasteiger partial charge in [0.25, 0.3) is 0 Å². The number of benzene rings is 2. The first kappa shape index (κ1) is 15.3. The van der Waals surface area contributed by atoms with Crippen LogP contribution in [-0.4, -0.2) is 19.3 Å². The average Bonchev–Trinajstić information content (AvgIpc) is 3.32. The average molecular weight is 350 g/mol. The van der Waals surface area contributed by atoms with Gasteiger partial charge >= 0.3 is 0 Å². The minimum Gasteiger partial charge on any atom is -0.334 e. The van der Waals surface area contributed by atoms with Gasteiger partial charge in [-0.15, -0.1) is 0 Å². The minimum absolute atomic E-state index is 0.589. The van der Waals surface area contributed by atoms with Crippen LogP contribution in [0, 0.1) is 11.6 Å². The fraction of sp³-hybridized carbons (Fsp3) is 0.200. The van der Waals surface area contributed by atoms with Crippen LogP contribution in [0.3, 0.4) is 0 Å². The summed E-state index contributed by atoms with van der Waals surface area (Å²) in [6, 6.07) is 10.1. The summed E-state index contributed by atoms with van der Waals surface area (Å²) in [7, 11) is 1.96.